The number of ether oxygens (including phenoxy) is 4. The minimum Gasteiger partial charge on any atom is -0.489 e. The smallest absolute Gasteiger partial charge is 0.294 e. The monoisotopic (exact) mass is 518 g/mol. The lowest BCUT2D eigenvalue weighted by Crippen LogP contribution is -2.24. The molecular weight excluding hydrogens is 488 g/mol. The van der Waals surface area contributed by atoms with E-state index in [1.54, 1.807) is 36.4 Å². The normalized spacial score (nSPS) is 13.4. The van der Waals surface area contributed by atoms with Gasteiger partial charge in [-0.25, -0.2) is 0 Å². The highest BCUT2D eigenvalue weighted by Gasteiger charge is 2.21. The van der Waals surface area contributed by atoms with Crippen LogP contribution >= 0.6 is 0 Å². The molecular formula is C26H30O9S. The number of hydrogen-bond acceptors (Lipinski definition) is 8. The molecule has 0 heterocycles. The Kier molecular flexibility index (Phi) is 9.82. The second-order valence-corrected chi connectivity index (χ2v) is 9.39. The van der Waals surface area contributed by atoms with Crippen molar-refractivity contribution in [3.63, 3.8) is 0 Å². The lowest BCUT2D eigenvalue weighted by molar-refractivity contribution is 0.0216. The van der Waals surface area contributed by atoms with E-state index in [-0.39, 0.29) is 44.5 Å². The second kappa shape index (κ2) is 12.8. The maximum Gasteiger partial charge on any atom is 0.294 e. The molecule has 0 fully saturated rings. The van der Waals surface area contributed by atoms with Gasteiger partial charge in [-0.2, -0.15) is 8.42 Å². The summed E-state index contributed by atoms with van der Waals surface area (Å²) in [5.74, 6) is 0.698. The number of fused-ring (bicyclic) bond motifs is 2. The summed E-state index contributed by atoms with van der Waals surface area (Å²) in [4.78, 5) is -0.325. The maximum absolute atomic E-state index is 11.9. The Morgan fingerprint density at radius 2 is 1.22 bits per heavy atom. The van der Waals surface area contributed by atoms with Gasteiger partial charge in [0.2, 0.25) is 0 Å². The number of aliphatic hydroxyl groups is 2. The van der Waals surface area contributed by atoms with Gasteiger partial charge >= 0.3 is 0 Å². The largest absolute Gasteiger partial charge is 0.489 e. The number of aliphatic hydroxyl groups excluding tert-OH is 2. The van der Waals surface area contributed by atoms with Crippen LogP contribution in [-0.4, -0.2) is 75.0 Å². The van der Waals surface area contributed by atoms with Crippen molar-refractivity contribution in [2.24, 2.45) is 0 Å². The molecule has 36 heavy (non-hydrogen) atoms. The molecule has 9 nitrogen and oxygen atoms in total. The van der Waals surface area contributed by atoms with E-state index in [0.717, 1.165) is 0 Å². The Labute approximate surface area is 209 Å². The van der Waals surface area contributed by atoms with Crippen LogP contribution in [0.3, 0.4) is 0 Å². The first-order valence-corrected chi connectivity index (χ1v) is 12.6. The average Bonchev–Trinajstić information content (AvgIpc) is 2.85. The fraction of sp³-hybridized carbons (Fsp3) is 0.308. The molecule has 0 aromatic heterocycles. The molecule has 3 rings (SSSR count). The summed E-state index contributed by atoms with van der Waals surface area (Å²) in [6, 6.07) is 11.2. The molecule has 0 radical (unpaired) electrons. The zero-order chi connectivity index (χ0) is 26.1. The first-order valence-electron chi connectivity index (χ1n) is 11.2. The van der Waals surface area contributed by atoms with Crippen LogP contribution in [0.15, 0.2) is 72.7 Å². The van der Waals surface area contributed by atoms with E-state index >= 15 is 0 Å². The highest BCUT2D eigenvalue weighted by atomic mass is 32.2. The molecule has 0 bridgehead atoms. The zero-order valence-corrected chi connectivity index (χ0v) is 20.5. The molecule has 3 aromatic carbocycles. The predicted molar refractivity (Wildman–Crippen MR) is 136 cm³/mol. The summed E-state index contributed by atoms with van der Waals surface area (Å²) in [7, 11) is -4.50. The quantitative estimate of drug-likeness (QED) is 0.120. The molecule has 2 unspecified atom stereocenters. The van der Waals surface area contributed by atoms with Gasteiger partial charge in [-0.05, 0) is 18.2 Å². The van der Waals surface area contributed by atoms with Crippen molar-refractivity contribution < 1.29 is 42.1 Å². The Bertz CT molecular complexity index is 1300. The average molecular weight is 519 g/mol. The third kappa shape index (κ3) is 7.03. The Hall–Kier alpha value is -2.99. The fourth-order valence-electron chi connectivity index (χ4n) is 3.58. The van der Waals surface area contributed by atoms with Crippen LogP contribution in [0, 0.1) is 0 Å². The minimum absolute atomic E-state index is 0.0190. The van der Waals surface area contributed by atoms with E-state index < -0.39 is 22.3 Å². The van der Waals surface area contributed by atoms with Gasteiger partial charge in [0.25, 0.3) is 10.1 Å². The maximum atomic E-state index is 11.9. The summed E-state index contributed by atoms with van der Waals surface area (Å²) < 4.78 is 55.8. The van der Waals surface area contributed by atoms with Crippen LogP contribution < -0.4 is 9.47 Å². The third-order valence-corrected chi connectivity index (χ3v) is 5.98. The van der Waals surface area contributed by atoms with E-state index in [1.165, 1.54) is 18.2 Å². The van der Waals surface area contributed by atoms with Crippen molar-refractivity contribution in [1.29, 1.82) is 0 Å². The Balaban J connectivity index is 2.05. The van der Waals surface area contributed by atoms with Gasteiger partial charge in [0.05, 0.1) is 31.3 Å². The lowest BCUT2D eigenvalue weighted by atomic mass is 10.0. The molecule has 0 aliphatic heterocycles. The second-order valence-electron chi connectivity index (χ2n) is 7.97. The van der Waals surface area contributed by atoms with Crippen LogP contribution in [0.1, 0.15) is 0 Å². The molecule has 0 saturated carbocycles. The van der Waals surface area contributed by atoms with Crippen molar-refractivity contribution in [3.8, 4) is 11.5 Å². The molecule has 3 aromatic rings. The summed E-state index contributed by atoms with van der Waals surface area (Å²) in [6.45, 7) is 7.52. The Morgan fingerprint density at radius 1 is 0.750 bits per heavy atom. The molecule has 0 aliphatic rings. The van der Waals surface area contributed by atoms with Crippen LogP contribution in [-0.2, 0) is 19.6 Å². The van der Waals surface area contributed by atoms with Crippen molar-refractivity contribution in [2.45, 2.75) is 17.1 Å². The first kappa shape index (κ1) is 27.6. The van der Waals surface area contributed by atoms with Crippen molar-refractivity contribution in [1.82, 2.24) is 0 Å². The van der Waals surface area contributed by atoms with E-state index in [1.807, 2.05) is 0 Å². The summed E-state index contributed by atoms with van der Waals surface area (Å²) in [5.41, 5.74) is 0. The molecule has 0 aliphatic carbocycles. The van der Waals surface area contributed by atoms with Gasteiger partial charge in [-0.15, -0.1) is 13.2 Å². The fourth-order valence-corrected chi connectivity index (χ4v) is 4.09. The highest BCUT2D eigenvalue weighted by Crippen LogP contribution is 2.43. The highest BCUT2D eigenvalue weighted by molar-refractivity contribution is 7.85. The van der Waals surface area contributed by atoms with E-state index in [9.17, 15) is 23.2 Å². The Morgan fingerprint density at radius 3 is 1.69 bits per heavy atom. The zero-order valence-electron chi connectivity index (χ0n) is 19.7. The summed E-state index contributed by atoms with van der Waals surface area (Å²) >= 11 is 0. The molecule has 10 heteroatoms. The third-order valence-electron chi connectivity index (χ3n) is 5.13. The summed E-state index contributed by atoms with van der Waals surface area (Å²) in [6.07, 6.45) is 1.26. The van der Waals surface area contributed by atoms with Crippen LogP contribution in [0.4, 0.5) is 0 Å². The topological polar surface area (TPSA) is 132 Å². The number of benzene rings is 3. The predicted octanol–water partition coefficient (Wildman–Crippen LogP) is 3.12. The van der Waals surface area contributed by atoms with Gasteiger partial charge in [-0.1, -0.05) is 36.4 Å². The van der Waals surface area contributed by atoms with E-state index in [0.29, 0.717) is 33.0 Å². The molecule has 3 N–H and O–H groups in total. The molecule has 194 valence electrons. The van der Waals surface area contributed by atoms with Gasteiger partial charge in [0, 0.05) is 21.5 Å². The van der Waals surface area contributed by atoms with Gasteiger partial charge < -0.3 is 29.2 Å². The van der Waals surface area contributed by atoms with Gasteiger partial charge in [-0.3, -0.25) is 4.55 Å². The van der Waals surface area contributed by atoms with Crippen molar-refractivity contribution in [2.75, 3.05) is 39.6 Å². The minimum atomic E-state index is -4.50. The summed E-state index contributed by atoms with van der Waals surface area (Å²) in [5, 5.41) is 22.6. The van der Waals surface area contributed by atoms with Crippen molar-refractivity contribution in [3.05, 3.63) is 67.8 Å². The molecule has 0 amide bonds. The number of rotatable bonds is 15. The lowest BCUT2D eigenvalue weighted by Gasteiger charge is -2.20. The van der Waals surface area contributed by atoms with E-state index in [2.05, 4.69) is 13.2 Å². The van der Waals surface area contributed by atoms with E-state index in [4.69, 9.17) is 18.9 Å². The number of hydrogen-bond donors (Lipinski definition) is 3. The van der Waals surface area contributed by atoms with Crippen molar-refractivity contribution >= 4 is 31.7 Å². The van der Waals surface area contributed by atoms with Gasteiger partial charge in [0.15, 0.2) is 0 Å². The molecule has 2 atom stereocenters. The molecule has 0 saturated heterocycles. The van der Waals surface area contributed by atoms with Crippen LogP contribution in [0.2, 0.25) is 0 Å². The standard InChI is InChI=1S/C26H30O9S/c1-3-11-32-14-18(27)16-34-25-21-7-5-6-8-22(21)26(35-17-19(28)15-33-12-4-2)24-13-20(36(29,30)31)9-10-23(24)25/h3-10,13,18-19,27-28H,1-2,11-12,14-17H2,(H,29,30,31). The van der Waals surface area contributed by atoms with Gasteiger partial charge in [0.1, 0.15) is 36.9 Å². The van der Waals surface area contributed by atoms with Crippen LogP contribution in [0.25, 0.3) is 21.5 Å². The van der Waals surface area contributed by atoms with Crippen LogP contribution in [0.5, 0.6) is 11.5 Å². The SMILES string of the molecule is C=CCOCC(O)COc1c2ccccc2c(OCC(O)COCC=C)c2cc(S(=O)(=O)O)ccc12. The first-order chi connectivity index (χ1) is 17.3. The molecule has 0 spiro atoms.